The van der Waals surface area contributed by atoms with Crippen molar-refractivity contribution in [3.05, 3.63) is 34.1 Å². The second-order valence-electron chi connectivity index (χ2n) is 2.38. The van der Waals surface area contributed by atoms with E-state index in [1.807, 2.05) is 0 Å². The van der Waals surface area contributed by atoms with Crippen molar-refractivity contribution < 1.29 is 9.50 Å². The Hall–Kier alpha value is -0.600. The van der Waals surface area contributed by atoms with Crippen LogP contribution < -0.4 is 0 Å². The van der Waals surface area contributed by atoms with Gasteiger partial charge < -0.3 is 5.11 Å². The largest absolute Gasteiger partial charge is 0.392 e. The van der Waals surface area contributed by atoms with Crippen LogP contribution in [0.15, 0.2) is 12.1 Å². The molecule has 0 saturated heterocycles. The van der Waals surface area contributed by atoms with Crippen LogP contribution in [0.5, 0.6) is 0 Å². The molecule has 0 fully saturated rings. The van der Waals surface area contributed by atoms with Gasteiger partial charge in [-0.3, -0.25) is 0 Å². The minimum absolute atomic E-state index is 0.0121. The Morgan fingerprint density at radius 3 is 2.73 bits per heavy atom. The molecule has 1 aromatic carbocycles. The summed E-state index contributed by atoms with van der Waals surface area (Å²) in [6, 6.07) is 2.99. The summed E-state index contributed by atoms with van der Waals surface area (Å²) in [4.78, 5) is 0. The van der Waals surface area contributed by atoms with Gasteiger partial charge in [-0.15, -0.1) is 0 Å². The summed E-state index contributed by atoms with van der Waals surface area (Å²) in [6.07, 6.45) is 0. The number of benzene rings is 1. The Kier molecular flexibility index (Phi) is 2.47. The fourth-order valence-corrected chi connectivity index (χ4v) is 1.08. The first kappa shape index (κ1) is 8.50. The summed E-state index contributed by atoms with van der Waals surface area (Å²) in [5, 5.41) is 8.73. The van der Waals surface area contributed by atoms with Crippen LogP contribution in [0, 0.1) is 12.7 Å². The maximum atomic E-state index is 12.8. The van der Waals surface area contributed by atoms with Gasteiger partial charge in [-0.2, -0.15) is 0 Å². The lowest BCUT2D eigenvalue weighted by Gasteiger charge is -2.02. The molecule has 1 N–H and O–H groups in total. The number of aliphatic hydroxyl groups excluding tert-OH is 1. The van der Waals surface area contributed by atoms with Gasteiger partial charge >= 0.3 is 0 Å². The zero-order valence-electron chi connectivity index (χ0n) is 6.06. The van der Waals surface area contributed by atoms with Gasteiger partial charge in [-0.25, -0.2) is 4.39 Å². The molecule has 60 valence electrons. The summed E-state index contributed by atoms with van der Waals surface area (Å²) in [7, 11) is 0. The second-order valence-corrected chi connectivity index (χ2v) is 2.76. The predicted molar refractivity (Wildman–Crippen MR) is 42.1 cm³/mol. The number of aliphatic hydroxyl groups is 1. The first-order chi connectivity index (χ1) is 5.15. The molecule has 11 heavy (non-hydrogen) atoms. The third-order valence-corrected chi connectivity index (χ3v) is 1.84. The van der Waals surface area contributed by atoms with Crippen molar-refractivity contribution in [1.82, 2.24) is 0 Å². The molecule has 0 atom stereocenters. The highest BCUT2D eigenvalue weighted by Gasteiger charge is 2.05. The topological polar surface area (TPSA) is 20.2 Å². The number of rotatable bonds is 1. The first-order valence-electron chi connectivity index (χ1n) is 3.20. The Labute approximate surface area is 69.4 Å². The molecule has 0 saturated carbocycles. The van der Waals surface area contributed by atoms with Gasteiger partial charge in [0.25, 0.3) is 0 Å². The van der Waals surface area contributed by atoms with Crippen LogP contribution >= 0.6 is 11.6 Å². The van der Waals surface area contributed by atoms with Crippen molar-refractivity contribution in [2.45, 2.75) is 13.5 Å². The number of hydrogen-bond donors (Lipinski definition) is 1. The van der Waals surface area contributed by atoms with Crippen molar-refractivity contribution in [2.75, 3.05) is 0 Å². The van der Waals surface area contributed by atoms with Crippen LogP contribution in [0.25, 0.3) is 0 Å². The van der Waals surface area contributed by atoms with Crippen molar-refractivity contribution in [3.8, 4) is 0 Å². The Morgan fingerprint density at radius 1 is 1.55 bits per heavy atom. The lowest BCUT2D eigenvalue weighted by Crippen LogP contribution is -1.90. The van der Waals surface area contributed by atoms with Crippen LogP contribution in [0.2, 0.25) is 5.02 Å². The molecule has 0 aromatic heterocycles. The van der Waals surface area contributed by atoms with E-state index in [-0.39, 0.29) is 11.6 Å². The maximum absolute atomic E-state index is 12.8. The Morgan fingerprint density at radius 2 is 2.18 bits per heavy atom. The SMILES string of the molecule is Cc1cc(F)c(Cl)c(CO)c1. The number of aryl methyl sites for hydroxylation is 1. The van der Waals surface area contributed by atoms with Gasteiger partial charge in [0.2, 0.25) is 0 Å². The lowest BCUT2D eigenvalue weighted by atomic mass is 10.1. The summed E-state index contributed by atoms with van der Waals surface area (Å²) >= 11 is 5.53. The summed E-state index contributed by atoms with van der Waals surface area (Å²) in [5.41, 5.74) is 1.19. The van der Waals surface area contributed by atoms with E-state index in [0.717, 1.165) is 5.56 Å². The molecule has 0 bridgehead atoms. The number of halogens is 2. The smallest absolute Gasteiger partial charge is 0.142 e. The highest BCUT2D eigenvalue weighted by atomic mass is 35.5. The van der Waals surface area contributed by atoms with Crippen LogP contribution in [-0.4, -0.2) is 5.11 Å². The molecular formula is C8H8ClFO. The van der Waals surface area contributed by atoms with E-state index in [0.29, 0.717) is 5.56 Å². The summed E-state index contributed by atoms with van der Waals surface area (Å²) in [6.45, 7) is 1.52. The predicted octanol–water partition coefficient (Wildman–Crippen LogP) is 2.28. The van der Waals surface area contributed by atoms with Gasteiger partial charge in [-0.05, 0) is 24.1 Å². The minimum Gasteiger partial charge on any atom is -0.392 e. The maximum Gasteiger partial charge on any atom is 0.142 e. The average molecular weight is 175 g/mol. The molecule has 1 rings (SSSR count). The fourth-order valence-electron chi connectivity index (χ4n) is 0.912. The summed E-state index contributed by atoms with van der Waals surface area (Å²) < 4.78 is 12.8. The summed E-state index contributed by atoms with van der Waals surface area (Å²) in [5.74, 6) is -0.476. The van der Waals surface area contributed by atoms with Crippen molar-refractivity contribution in [1.29, 1.82) is 0 Å². The van der Waals surface area contributed by atoms with Crippen LogP contribution in [0.3, 0.4) is 0 Å². The van der Waals surface area contributed by atoms with E-state index in [9.17, 15) is 4.39 Å². The quantitative estimate of drug-likeness (QED) is 0.693. The highest BCUT2D eigenvalue weighted by Crippen LogP contribution is 2.21. The van der Waals surface area contributed by atoms with Crippen molar-refractivity contribution >= 4 is 11.6 Å². The Balaban J connectivity index is 3.24. The van der Waals surface area contributed by atoms with E-state index < -0.39 is 5.82 Å². The molecule has 0 aliphatic rings. The Bertz CT molecular complexity index is 273. The molecule has 0 aliphatic carbocycles. The normalized spacial score (nSPS) is 10.2. The van der Waals surface area contributed by atoms with Crippen molar-refractivity contribution in [2.24, 2.45) is 0 Å². The third-order valence-electron chi connectivity index (χ3n) is 1.42. The van der Waals surface area contributed by atoms with Gasteiger partial charge in [0.15, 0.2) is 0 Å². The second kappa shape index (κ2) is 3.20. The molecule has 0 amide bonds. The zero-order valence-corrected chi connectivity index (χ0v) is 6.82. The molecule has 0 heterocycles. The molecule has 0 radical (unpaired) electrons. The highest BCUT2D eigenvalue weighted by molar-refractivity contribution is 6.31. The van der Waals surface area contributed by atoms with E-state index in [2.05, 4.69) is 0 Å². The average Bonchev–Trinajstić information content (AvgIpc) is 1.96. The van der Waals surface area contributed by atoms with Crippen LogP contribution in [-0.2, 0) is 6.61 Å². The molecule has 0 spiro atoms. The molecular weight excluding hydrogens is 167 g/mol. The molecule has 0 aliphatic heterocycles. The van der Waals surface area contributed by atoms with Gasteiger partial charge in [0.1, 0.15) is 5.82 Å². The van der Waals surface area contributed by atoms with Crippen LogP contribution in [0.4, 0.5) is 4.39 Å². The first-order valence-corrected chi connectivity index (χ1v) is 3.58. The lowest BCUT2D eigenvalue weighted by molar-refractivity contribution is 0.281. The standard InChI is InChI=1S/C8H8ClFO/c1-5-2-6(4-11)8(9)7(10)3-5/h2-3,11H,4H2,1H3. The van der Waals surface area contributed by atoms with E-state index in [1.54, 1.807) is 13.0 Å². The molecule has 1 nitrogen and oxygen atoms in total. The monoisotopic (exact) mass is 174 g/mol. The van der Waals surface area contributed by atoms with Gasteiger partial charge in [-0.1, -0.05) is 17.7 Å². The molecule has 0 unspecified atom stereocenters. The van der Waals surface area contributed by atoms with Crippen LogP contribution in [0.1, 0.15) is 11.1 Å². The van der Waals surface area contributed by atoms with E-state index in [1.165, 1.54) is 6.07 Å². The zero-order chi connectivity index (χ0) is 8.43. The molecule has 1 aromatic rings. The minimum atomic E-state index is -0.476. The fraction of sp³-hybridized carbons (Fsp3) is 0.250. The van der Waals surface area contributed by atoms with Crippen molar-refractivity contribution in [3.63, 3.8) is 0 Å². The molecule has 3 heteroatoms. The van der Waals surface area contributed by atoms with E-state index >= 15 is 0 Å². The van der Waals surface area contributed by atoms with E-state index in [4.69, 9.17) is 16.7 Å². The third kappa shape index (κ3) is 1.70. The van der Waals surface area contributed by atoms with Gasteiger partial charge in [0.05, 0.1) is 11.6 Å². The van der Waals surface area contributed by atoms with Gasteiger partial charge in [0, 0.05) is 0 Å². The number of hydrogen-bond acceptors (Lipinski definition) is 1.